The highest BCUT2D eigenvalue weighted by atomic mass is 35.5. The number of nitrogens with zero attached hydrogens (tertiary/aromatic N) is 3. The first-order chi connectivity index (χ1) is 8.84. The van der Waals surface area contributed by atoms with E-state index in [1.807, 2.05) is 24.0 Å². The van der Waals surface area contributed by atoms with E-state index >= 15 is 0 Å². The van der Waals surface area contributed by atoms with Gasteiger partial charge in [-0.15, -0.1) is 37.2 Å². The van der Waals surface area contributed by atoms with Gasteiger partial charge in [0, 0.05) is 43.2 Å². The van der Waals surface area contributed by atoms with Crippen LogP contribution < -0.4 is 5.32 Å². The van der Waals surface area contributed by atoms with E-state index in [-0.39, 0.29) is 37.2 Å². The molecule has 21 heavy (non-hydrogen) atoms. The molecule has 2 atom stereocenters. The van der Waals surface area contributed by atoms with Crippen LogP contribution in [-0.2, 0) is 13.5 Å². The average Bonchev–Trinajstić information content (AvgIpc) is 3.04. The summed E-state index contributed by atoms with van der Waals surface area (Å²) >= 11 is 0. The summed E-state index contributed by atoms with van der Waals surface area (Å²) < 4.78 is 2.04. The number of nitrogens with one attached hydrogen (secondary N) is 2. The minimum atomic E-state index is 0. The lowest BCUT2D eigenvalue weighted by molar-refractivity contribution is 0.445. The van der Waals surface area contributed by atoms with E-state index < -0.39 is 0 Å². The fourth-order valence-corrected chi connectivity index (χ4v) is 3.42. The number of hydrogen-bond acceptors (Lipinski definition) is 3. The van der Waals surface area contributed by atoms with Crippen LogP contribution in [0.1, 0.15) is 23.6 Å². The minimum absolute atomic E-state index is 0. The summed E-state index contributed by atoms with van der Waals surface area (Å²) in [5, 5.41) is 11.3. The van der Waals surface area contributed by atoms with Gasteiger partial charge in [0.15, 0.2) is 5.82 Å². The van der Waals surface area contributed by atoms with Crippen molar-refractivity contribution < 1.29 is 0 Å². The molecule has 0 bridgehead atoms. The van der Waals surface area contributed by atoms with E-state index in [4.69, 9.17) is 0 Å². The first-order valence-corrected chi connectivity index (χ1v) is 6.60. The van der Waals surface area contributed by atoms with E-state index in [1.165, 1.54) is 17.7 Å². The molecule has 2 N–H and O–H groups in total. The molecule has 8 heteroatoms. The summed E-state index contributed by atoms with van der Waals surface area (Å²) in [5.74, 6) is 2.37. The van der Waals surface area contributed by atoms with Crippen molar-refractivity contribution >= 4 is 37.2 Å². The molecule has 1 saturated heterocycles. The lowest BCUT2D eigenvalue weighted by Crippen LogP contribution is -2.19. The van der Waals surface area contributed by atoms with Crippen LogP contribution >= 0.6 is 37.2 Å². The predicted octanol–water partition coefficient (Wildman–Crippen LogP) is 2.32. The van der Waals surface area contributed by atoms with Crippen molar-refractivity contribution in [2.75, 3.05) is 13.1 Å². The Morgan fingerprint density at radius 2 is 2.05 bits per heavy atom. The lowest BCUT2D eigenvalue weighted by atomic mass is 9.80. The second kappa shape index (κ2) is 7.01. The van der Waals surface area contributed by atoms with Crippen molar-refractivity contribution in [2.45, 2.75) is 18.8 Å². The predicted molar refractivity (Wildman–Crippen MR) is 90.0 cm³/mol. The number of aryl methyl sites for hydroxylation is 1. The van der Waals surface area contributed by atoms with Gasteiger partial charge in [0.1, 0.15) is 5.69 Å². The number of aromatic amines is 1. The van der Waals surface area contributed by atoms with Crippen molar-refractivity contribution in [3.8, 4) is 11.5 Å². The quantitative estimate of drug-likeness (QED) is 0.828. The minimum Gasteiger partial charge on any atom is -0.333 e. The van der Waals surface area contributed by atoms with Crippen LogP contribution in [-0.4, -0.2) is 32.8 Å². The number of imidazole rings is 1. The van der Waals surface area contributed by atoms with Crippen molar-refractivity contribution in [2.24, 2.45) is 13.0 Å². The number of rotatable bonds is 1. The van der Waals surface area contributed by atoms with Crippen molar-refractivity contribution in [1.29, 1.82) is 0 Å². The third-order valence-corrected chi connectivity index (χ3v) is 4.41. The maximum atomic E-state index is 4.53. The standard InChI is InChI=1S/C13H17N5.3ClH/c1-18-5-4-15-13(18)12-9-3-2-8-6-14-7-10(8)11(9)16-17-12;;;/h4-5,8,10,14H,2-3,6-7H2,1H3,(H,16,17);3*1H. The van der Waals surface area contributed by atoms with Gasteiger partial charge in [0.05, 0.1) is 0 Å². The summed E-state index contributed by atoms with van der Waals surface area (Å²) in [6.45, 7) is 2.24. The highest BCUT2D eigenvalue weighted by Crippen LogP contribution is 2.40. The van der Waals surface area contributed by atoms with Crippen LogP contribution in [0.4, 0.5) is 0 Å². The molecule has 0 aromatic carbocycles. The van der Waals surface area contributed by atoms with Crippen LogP contribution in [0.15, 0.2) is 12.4 Å². The molecule has 4 rings (SSSR count). The zero-order chi connectivity index (χ0) is 12.1. The van der Waals surface area contributed by atoms with Gasteiger partial charge in [-0.05, 0) is 25.3 Å². The topological polar surface area (TPSA) is 58.5 Å². The van der Waals surface area contributed by atoms with Crippen molar-refractivity contribution in [3.63, 3.8) is 0 Å². The zero-order valence-corrected chi connectivity index (χ0v) is 14.2. The third kappa shape index (κ3) is 2.80. The second-order valence-corrected chi connectivity index (χ2v) is 5.39. The smallest absolute Gasteiger partial charge is 0.160 e. The molecule has 1 aliphatic carbocycles. The first-order valence-electron chi connectivity index (χ1n) is 6.60. The lowest BCUT2D eigenvalue weighted by Gasteiger charge is -2.24. The fraction of sp³-hybridized carbons (Fsp3) is 0.538. The SMILES string of the molecule is Cl.Cl.Cl.Cn1ccnc1-c1n[nH]c2c1CCC1CNCC21. The molecule has 118 valence electrons. The molecular formula is C13H20Cl3N5. The molecule has 5 nitrogen and oxygen atoms in total. The molecule has 0 amide bonds. The summed E-state index contributed by atoms with van der Waals surface area (Å²) in [4.78, 5) is 4.42. The Labute approximate surface area is 142 Å². The number of hydrogen-bond donors (Lipinski definition) is 2. The molecule has 0 spiro atoms. The van der Waals surface area contributed by atoms with Gasteiger partial charge in [-0.25, -0.2) is 4.98 Å². The third-order valence-electron chi connectivity index (χ3n) is 4.41. The number of H-pyrrole nitrogens is 1. The molecule has 1 fully saturated rings. The first kappa shape index (κ1) is 18.3. The van der Waals surface area contributed by atoms with Crippen molar-refractivity contribution in [3.05, 3.63) is 23.7 Å². The summed E-state index contributed by atoms with van der Waals surface area (Å²) in [5.41, 5.74) is 3.77. The number of aromatic nitrogens is 4. The van der Waals surface area contributed by atoms with Crippen LogP contribution in [0.25, 0.3) is 11.5 Å². The molecule has 0 radical (unpaired) electrons. The van der Waals surface area contributed by atoms with E-state index in [0.717, 1.165) is 36.9 Å². The Hall–Kier alpha value is -0.750. The molecule has 2 aromatic heterocycles. The molecule has 1 aliphatic heterocycles. The van der Waals surface area contributed by atoms with Crippen LogP contribution in [0.5, 0.6) is 0 Å². The van der Waals surface area contributed by atoms with Gasteiger partial charge in [-0.3, -0.25) is 5.10 Å². The molecule has 3 heterocycles. The molecule has 0 saturated carbocycles. The second-order valence-electron chi connectivity index (χ2n) is 5.39. The Kier molecular flexibility index (Phi) is 6.11. The van der Waals surface area contributed by atoms with E-state index in [0.29, 0.717) is 5.92 Å². The van der Waals surface area contributed by atoms with Gasteiger partial charge in [-0.1, -0.05) is 0 Å². The number of fused-ring (bicyclic) bond motifs is 3. The molecule has 2 aliphatic rings. The fourth-order valence-electron chi connectivity index (χ4n) is 3.42. The Balaban J connectivity index is 0.000000735. The molecular weight excluding hydrogens is 333 g/mol. The molecule has 2 unspecified atom stereocenters. The van der Waals surface area contributed by atoms with E-state index in [2.05, 4.69) is 20.5 Å². The average molecular weight is 353 g/mol. The Morgan fingerprint density at radius 3 is 2.76 bits per heavy atom. The number of halogens is 3. The largest absolute Gasteiger partial charge is 0.333 e. The monoisotopic (exact) mass is 351 g/mol. The maximum Gasteiger partial charge on any atom is 0.160 e. The zero-order valence-electron chi connectivity index (χ0n) is 11.7. The van der Waals surface area contributed by atoms with Crippen LogP contribution in [0.3, 0.4) is 0 Å². The van der Waals surface area contributed by atoms with Crippen molar-refractivity contribution in [1.82, 2.24) is 25.1 Å². The highest BCUT2D eigenvalue weighted by Gasteiger charge is 2.36. The summed E-state index contributed by atoms with van der Waals surface area (Å²) in [6.07, 6.45) is 6.19. The maximum absolute atomic E-state index is 4.53. The van der Waals surface area contributed by atoms with Gasteiger partial charge in [0.25, 0.3) is 0 Å². The van der Waals surface area contributed by atoms with Gasteiger partial charge >= 0.3 is 0 Å². The van der Waals surface area contributed by atoms with Crippen LogP contribution in [0.2, 0.25) is 0 Å². The Bertz CT molecular complexity index is 594. The Morgan fingerprint density at radius 1 is 1.24 bits per heavy atom. The van der Waals surface area contributed by atoms with E-state index in [9.17, 15) is 0 Å². The van der Waals surface area contributed by atoms with Gasteiger partial charge < -0.3 is 9.88 Å². The van der Waals surface area contributed by atoms with E-state index in [1.54, 1.807) is 0 Å². The van der Waals surface area contributed by atoms with Gasteiger partial charge in [0.2, 0.25) is 0 Å². The molecule has 2 aromatic rings. The summed E-state index contributed by atoms with van der Waals surface area (Å²) in [7, 11) is 2.02. The van der Waals surface area contributed by atoms with Gasteiger partial charge in [-0.2, -0.15) is 5.10 Å². The highest BCUT2D eigenvalue weighted by molar-refractivity contribution is 5.86. The van der Waals surface area contributed by atoms with Crippen LogP contribution in [0, 0.1) is 5.92 Å². The summed E-state index contributed by atoms with van der Waals surface area (Å²) in [6, 6.07) is 0. The normalized spacial score (nSPS) is 22.3.